The Hall–Kier alpha value is -1.27. The van der Waals surface area contributed by atoms with Gasteiger partial charge in [0.1, 0.15) is 0 Å². The van der Waals surface area contributed by atoms with Gasteiger partial charge in [-0.3, -0.25) is 0 Å². The molecule has 0 saturated carbocycles. The highest BCUT2D eigenvalue weighted by molar-refractivity contribution is 5.52. The molecule has 6 heteroatoms. The van der Waals surface area contributed by atoms with Gasteiger partial charge in [0, 0.05) is 25.4 Å². The fourth-order valence-electron chi connectivity index (χ4n) is 2.68. The molecule has 3 nitrogen and oxygen atoms in total. The standard InChI is InChI=1S/C15H20F3NO2/c1-2-21-13-5-7-19(8-6-13)12-4-3-11(10-20)14(9-12)15(16,17)18/h3-4,9,13,20H,2,5-8,10H2,1H3. The minimum absolute atomic E-state index is 0.0875. The summed E-state index contributed by atoms with van der Waals surface area (Å²) < 4.78 is 44.5. The molecule has 2 rings (SSSR count). The van der Waals surface area contributed by atoms with E-state index in [1.807, 2.05) is 11.8 Å². The number of hydrogen-bond acceptors (Lipinski definition) is 3. The van der Waals surface area contributed by atoms with E-state index in [1.165, 1.54) is 6.07 Å². The molecule has 0 amide bonds. The molecule has 1 aliphatic heterocycles. The van der Waals surface area contributed by atoms with Gasteiger partial charge in [0.25, 0.3) is 0 Å². The minimum Gasteiger partial charge on any atom is -0.392 e. The maximum Gasteiger partial charge on any atom is 0.416 e. The fraction of sp³-hybridized carbons (Fsp3) is 0.600. The molecule has 0 atom stereocenters. The van der Waals surface area contributed by atoms with E-state index in [9.17, 15) is 13.2 Å². The van der Waals surface area contributed by atoms with Gasteiger partial charge in [-0.2, -0.15) is 13.2 Å². The molecule has 1 fully saturated rings. The lowest BCUT2D eigenvalue weighted by atomic mass is 10.0. The first-order valence-electron chi connectivity index (χ1n) is 7.13. The summed E-state index contributed by atoms with van der Waals surface area (Å²) in [4.78, 5) is 1.94. The molecule has 0 aliphatic carbocycles. The Kier molecular flexibility index (Phi) is 5.11. The zero-order chi connectivity index (χ0) is 15.5. The third-order valence-corrected chi connectivity index (χ3v) is 3.78. The van der Waals surface area contributed by atoms with Gasteiger partial charge in [0.05, 0.1) is 18.3 Å². The van der Waals surface area contributed by atoms with Gasteiger partial charge in [-0.1, -0.05) is 6.07 Å². The lowest BCUT2D eigenvalue weighted by Gasteiger charge is -2.33. The molecule has 0 radical (unpaired) electrons. The topological polar surface area (TPSA) is 32.7 Å². The summed E-state index contributed by atoms with van der Waals surface area (Å²) in [6.07, 6.45) is -2.61. The van der Waals surface area contributed by atoms with E-state index in [4.69, 9.17) is 9.84 Å². The van der Waals surface area contributed by atoms with Gasteiger partial charge in [-0.15, -0.1) is 0 Å². The smallest absolute Gasteiger partial charge is 0.392 e. The molecule has 118 valence electrons. The highest BCUT2D eigenvalue weighted by Crippen LogP contribution is 2.35. The Balaban J connectivity index is 2.15. The van der Waals surface area contributed by atoms with Crippen LogP contribution in [-0.2, 0) is 17.5 Å². The largest absolute Gasteiger partial charge is 0.416 e. The predicted octanol–water partition coefficient (Wildman–Crippen LogP) is 3.20. The van der Waals surface area contributed by atoms with E-state index in [2.05, 4.69) is 0 Å². The minimum atomic E-state index is -4.45. The molecule has 1 aliphatic rings. The van der Waals surface area contributed by atoms with Crippen LogP contribution < -0.4 is 4.90 Å². The summed E-state index contributed by atoms with van der Waals surface area (Å²) in [6, 6.07) is 4.13. The second kappa shape index (κ2) is 6.66. The van der Waals surface area contributed by atoms with Crippen LogP contribution in [0.15, 0.2) is 18.2 Å². The third kappa shape index (κ3) is 3.89. The molecular weight excluding hydrogens is 283 g/mol. The van der Waals surface area contributed by atoms with E-state index in [0.29, 0.717) is 25.4 Å². The SMILES string of the molecule is CCOC1CCN(c2ccc(CO)c(C(F)(F)F)c2)CC1. The number of hydrogen-bond donors (Lipinski definition) is 1. The quantitative estimate of drug-likeness (QED) is 0.927. The van der Waals surface area contributed by atoms with Crippen molar-refractivity contribution in [3.8, 4) is 0 Å². The van der Waals surface area contributed by atoms with Crippen molar-refractivity contribution in [2.45, 2.75) is 38.7 Å². The number of anilines is 1. The molecule has 21 heavy (non-hydrogen) atoms. The first kappa shape index (κ1) is 16.1. The van der Waals surface area contributed by atoms with Crippen LogP contribution in [0.1, 0.15) is 30.9 Å². The maximum absolute atomic E-state index is 13.0. The average Bonchev–Trinajstić information content (AvgIpc) is 2.47. The van der Waals surface area contributed by atoms with Gasteiger partial charge in [-0.05, 0) is 37.5 Å². The van der Waals surface area contributed by atoms with Crippen LogP contribution in [0.3, 0.4) is 0 Å². The number of piperidine rings is 1. The number of halogens is 3. The number of aliphatic hydroxyl groups excluding tert-OH is 1. The molecule has 1 heterocycles. The van der Waals surface area contributed by atoms with Crippen LogP contribution in [0.25, 0.3) is 0 Å². The summed E-state index contributed by atoms with van der Waals surface area (Å²) in [6.45, 7) is 3.35. The number of rotatable bonds is 4. The zero-order valence-corrected chi connectivity index (χ0v) is 12.0. The van der Waals surface area contributed by atoms with Gasteiger partial charge in [0.15, 0.2) is 0 Å². The summed E-state index contributed by atoms with van der Waals surface area (Å²) in [7, 11) is 0. The molecule has 1 aromatic carbocycles. The van der Waals surface area contributed by atoms with Crippen molar-refractivity contribution in [2.75, 3.05) is 24.6 Å². The van der Waals surface area contributed by atoms with Crippen molar-refractivity contribution in [3.05, 3.63) is 29.3 Å². The number of nitrogens with zero attached hydrogens (tertiary/aromatic N) is 1. The number of ether oxygens (including phenoxy) is 1. The van der Waals surface area contributed by atoms with Crippen LogP contribution >= 0.6 is 0 Å². The monoisotopic (exact) mass is 303 g/mol. The van der Waals surface area contributed by atoms with Crippen LogP contribution in [-0.4, -0.2) is 30.9 Å². The molecular formula is C15H20F3NO2. The number of alkyl halides is 3. The maximum atomic E-state index is 13.0. The average molecular weight is 303 g/mol. The molecule has 0 spiro atoms. The second-order valence-corrected chi connectivity index (χ2v) is 5.14. The first-order chi connectivity index (χ1) is 9.95. The Bertz CT molecular complexity index is 468. The van der Waals surface area contributed by atoms with Gasteiger partial charge >= 0.3 is 6.18 Å². The summed E-state index contributed by atoms with van der Waals surface area (Å²) in [5, 5.41) is 9.05. The highest BCUT2D eigenvalue weighted by atomic mass is 19.4. The summed E-state index contributed by atoms with van der Waals surface area (Å²) in [5.41, 5.74) is -0.292. The van der Waals surface area contributed by atoms with Gasteiger partial charge < -0.3 is 14.7 Å². The predicted molar refractivity (Wildman–Crippen MR) is 74.2 cm³/mol. The van der Waals surface area contributed by atoms with Crippen molar-refractivity contribution in [1.29, 1.82) is 0 Å². The van der Waals surface area contributed by atoms with Crippen LogP contribution in [0, 0.1) is 0 Å². The number of benzene rings is 1. The molecule has 0 unspecified atom stereocenters. The molecule has 1 N–H and O–H groups in total. The fourth-order valence-corrected chi connectivity index (χ4v) is 2.68. The van der Waals surface area contributed by atoms with E-state index < -0.39 is 18.3 Å². The Morgan fingerprint density at radius 3 is 2.48 bits per heavy atom. The Labute approximate surface area is 122 Å². The van der Waals surface area contributed by atoms with Crippen LogP contribution in [0.5, 0.6) is 0 Å². The normalized spacial score (nSPS) is 17.3. The zero-order valence-electron chi connectivity index (χ0n) is 12.0. The first-order valence-corrected chi connectivity index (χ1v) is 7.13. The summed E-state index contributed by atoms with van der Waals surface area (Å²) >= 11 is 0. The lowest BCUT2D eigenvalue weighted by Crippen LogP contribution is -2.37. The van der Waals surface area contributed by atoms with E-state index in [1.54, 1.807) is 6.07 Å². The Morgan fingerprint density at radius 2 is 1.95 bits per heavy atom. The molecule has 1 aromatic rings. The molecule has 1 saturated heterocycles. The van der Waals surface area contributed by atoms with E-state index >= 15 is 0 Å². The van der Waals surface area contributed by atoms with Crippen molar-refractivity contribution >= 4 is 5.69 Å². The Morgan fingerprint density at radius 1 is 1.29 bits per heavy atom. The molecule has 0 bridgehead atoms. The van der Waals surface area contributed by atoms with Gasteiger partial charge in [0.2, 0.25) is 0 Å². The van der Waals surface area contributed by atoms with Crippen molar-refractivity contribution in [3.63, 3.8) is 0 Å². The van der Waals surface area contributed by atoms with Gasteiger partial charge in [-0.25, -0.2) is 0 Å². The second-order valence-electron chi connectivity index (χ2n) is 5.14. The third-order valence-electron chi connectivity index (χ3n) is 3.78. The van der Waals surface area contributed by atoms with Crippen molar-refractivity contribution < 1.29 is 23.0 Å². The van der Waals surface area contributed by atoms with E-state index in [0.717, 1.165) is 18.9 Å². The van der Waals surface area contributed by atoms with Crippen LogP contribution in [0.2, 0.25) is 0 Å². The lowest BCUT2D eigenvalue weighted by molar-refractivity contribution is -0.138. The van der Waals surface area contributed by atoms with E-state index in [-0.39, 0.29) is 11.7 Å². The van der Waals surface area contributed by atoms with Crippen molar-refractivity contribution in [1.82, 2.24) is 0 Å². The van der Waals surface area contributed by atoms with Crippen LogP contribution in [0.4, 0.5) is 18.9 Å². The number of aliphatic hydroxyl groups is 1. The molecule has 0 aromatic heterocycles. The highest BCUT2D eigenvalue weighted by Gasteiger charge is 2.34. The summed E-state index contributed by atoms with van der Waals surface area (Å²) in [5.74, 6) is 0. The van der Waals surface area contributed by atoms with Crippen molar-refractivity contribution in [2.24, 2.45) is 0 Å².